The lowest BCUT2D eigenvalue weighted by molar-refractivity contribution is -0.222. The molecule has 2 rings (SSSR count). The van der Waals surface area contributed by atoms with Gasteiger partial charge in [0.2, 0.25) is 0 Å². The van der Waals surface area contributed by atoms with Crippen molar-refractivity contribution in [1.82, 2.24) is 0 Å². The lowest BCUT2D eigenvalue weighted by atomic mass is 10.2. The third-order valence-electron chi connectivity index (χ3n) is 2.00. The number of furan rings is 1. The minimum Gasteiger partial charge on any atom is -0.450 e. The van der Waals surface area contributed by atoms with Crippen LogP contribution in [0, 0.1) is 0 Å². The molecule has 0 aromatic carbocycles. The van der Waals surface area contributed by atoms with Crippen LogP contribution < -0.4 is 0 Å². The Morgan fingerprint density at radius 3 is 2.24 bits per heavy atom. The summed E-state index contributed by atoms with van der Waals surface area (Å²) in [5.41, 5.74) is -0.189. The molecule has 0 aliphatic carbocycles. The van der Waals surface area contributed by atoms with Crippen LogP contribution in [0.2, 0.25) is 0 Å². The van der Waals surface area contributed by atoms with E-state index in [1.54, 1.807) is 12.1 Å². The summed E-state index contributed by atoms with van der Waals surface area (Å²) in [4.78, 5) is 23.2. The fourth-order valence-electron chi connectivity index (χ4n) is 1.33. The van der Waals surface area contributed by atoms with Crippen LogP contribution in [-0.4, -0.2) is 17.7 Å². The largest absolute Gasteiger partial charge is 0.450 e. The first-order valence-corrected chi connectivity index (χ1v) is 5.60. The van der Waals surface area contributed by atoms with Gasteiger partial charge in [-0.05, 0) is 28.1 Å². The maximum atomic E-state index is 11.6. The molecule has 0 saturated carbocycles. The van der Waals surface area contributed by atoms with E-state index in [1.165, 1.54) is 19.9 Å². The Hall–Kier alpha value is -1.56. The monoisotopic (exact) mass is 300 g/mol. The highest BCUT2D eigenvalue weighted by Crippen LogP contribution is 2.25. The number of hydrogen-bond acceptors (Lipinski definition) is 5. The summed E-state index contributed by atoms with van der Waals surface area (Å²) in [7, 11) is 0. The van der Waals surface area contributed by atoms with Crippen molar-refractivity contribution in [3.05, 3.63) is 28.1 Å². The summed E-state index contributed by atoms with van der Waals surface area (Å²) >= 11 is 3.12. The molecule has 1 aliphatic heterocycles. The van der Waals surface area contributed by atoms with Crippen molar-refractivity contribution < 1.29 is 23.5 Å². The van der Waals surface area contributed by atoms with Gasteiger partial charge in [-0.2, -0.15) is 0 Å². The van der Waals surface area contributed by atoms with Gasteiger partial charge in [-0.25, -0.2) is 9.59 Å². The normalized spacial score (nSPS) is 18.6. The predicted molar refractivity (Wildman–Crippen MR) is 60.6 cm³/mol. The molecule has 0 bridgehead atoms. The lowest BCUT2D eigenvalue weighted by Crippen LogP contribution is -2.41. The molecule has 1 aromatic rings. The van der Waals surface area contributed by atoms with Crippen molar-refractivity contribution in [1.29, 1.82) is 0 Å². The van der Waals surface area contributed by atoms with Crippen LogP contribution in [0.4, 0.5) is 0 Å². The molecule has 17 heavy (non-hydrogen) atoms. The Balaban J connectivity index is 2.30. The van der Waals surface area contributed by atoms with Crippen molar-refractivity contribution in [2.24, 2.45) is 0 Å². The number of halogens is 1. The zero-order valence-corrected chi connectivity index (χ0v) is 10.7. The van der Waals surface area contributed by atoms with E-state index in [2.05, 4.69) is 15.9 Å². The second-order valence-electron chi connectivity index (χ2n) is 3.88. The average Bonchev–Trinajstić information content (AvgIpc) is 2.56. The van der Waals surface area contributed by atoms with Crippen LogP contribution in [0.25, 0.3) is 6.08 Å². The summed E-state index contributed by atoms with van der Waals surface area (Å²) in [6.07, 6.45) is 1.28. The Morgan fingerprint density at radius 1 is 1.18 bits per heavy atom. The minimum atomic E-state index is -1.23. The number of rotatable bonds is 1. The predicted octanol–water partition coefficient (Wildman–Crippen LogP) is 2.26. The van der Waals surface area contributed by atoms with Gasteiger partial charge in [-0.15, -0.1) is 0 Å². The van der Waals surface area contributed by atoms with Crippen LogP contribution in [-0.2, 0) is 19.1 Å². The fraction of sp³-hybridized carbons (Fsp3) is 0.273. The number of carbonyl (C=O) groups is 2. The van der Waals surface area contributed by atoms with Gasteiger partial charge in [0.15, 0.2) is 4.67 Å². The third-order valence-corrected chi connectivity index (χ3v) is 2.42. The van der Waals surface area contributed by atoms with Crippen LogP contribution >= 0.6 is 15.9 Å². The average molecular weight is 301 g/mol. The minimum absolute atomic E-state index is 0.189. The van der Waals surface area contributed by atoms with E-state index >= 15 is 0 Å². The Morgan fingerprint density at radius 2 is 1.76 bits per heavy atom. The first-order chi connectivity index (χ1) is 7.87. The van der Waals surface area contributed by atoms with E-state index in [-0.39, 0.29) is 5.57 Å². The van der Waals surface area contributed by atoms with Crippen molar-refractivity contribution in [2.75, 3.05) is 0 Å². The van der Waals surface area contributed by atoms with Crippen molar-refractivity contribution in [3.63, 3.8) is 0 Å². The Labute approximate surface area is 106 Å². The number of cyclic esters (lactones) is 2. The summed E-state index contributed by atoms with van der Waals surface area (Å²) < 4.78 is 15.5. The first kappa shape index (κ1) is 11.9. The molecule has 0 unspecified atom stereocenters. The lowest BCUT2D eigenvalue weighted by Gasteiger charge is -2.29. The topological polar surface area (TPSA) is 65.7 Å². The first-order valence-electron chi connectivity index (χ1n) is 4.81. The van der Waals surface area contributed by atoms with Crippen LogP contribution in [0.5, 0.6) is 0 Å². The molecule has 6 heteroatoms. The van der Waals surface area contributed by atoms with Crippen LogP contribution in [0.3, 0.4) is 0 Å². The maximum absolute atomic E-state index is 11.6. The smallest absolute Gasteiger partial charge is 0.348 e. The zero-order valence-electron chi connectivity index (χ0n) is 9.15. The molecule has 0 radical (unpaired) electrons. The van der Waals surface area contributed by atoms with Crippen LogP contribution in [0.1, 0.15) is 19.6 Å². The summed E-state index contributed by atoms with van der Waals surface area (Å²) in [5.74, 6) is -2.31. The highest BCUT2D eigenvalue weighted by Gasteiger charge is 2.39. The van der Waals surface area contributed by atoms with E-state index in [1.807, 2.05) is 0 Å². The molecule has 0 atom stereocenters. The summed E-state index contributed by atoms with van der Waals surface area (Å²) in [6.45, 7) is 2.98. The molecular formula is C11H9BrO5. The van der Waals surface area contributed by atoms with Crippen molar-refractivity contribution in [2.45, 2.75) is 19.6 Å². The molecule has 1 fully saturated rings. The van der Waals surface area contributed by atoms with E-state index in [9.17, 15) is 9.59 Å². The van der Waals surface area contributed by atoms with Gasteiger partial charge in [0.1, 0.15) is 11.3 Å². The van der Waals surface area contributed by atoms with Gasteiger partial charge < -0.3 is 13.9 Å². The molecule has 2 heterocycles. The molecule has 1 aromatic heterocycles. The maximum Gasteiger partial charge on any atom is 0.348 e. The number of esters is 2. The Kier molecular flexibility index (Phi) is 2.82. The second-order valence-corrected chi connectivity index (χ2v) is 4.66. The quantitative estimate of drug-likeness (QED) is 0.452. The van der Waals surface area contributed by atoms with Gasteiger partial charge in [-0.1, -0.05) is 0 Å². The van der Waals surface area contributed by atoms with E-state index in [0.29, 0.717) is 10.4 Å². The fourth-order valence-corrected chi connectivity index (χ4v) is 1.65. The number of carbonyl (C=O) groups excluding carboxylic acids is 2. The Bertz CT molecular complexity index is 490. The summed E-state index contributed by atoms with van der Waals surface area (Å²) in [5, 5.41) is 0. The van der Waals surface area contributed by atoms with Gasteiger partial charge in [0.05, 0.1) is 0 Å². The zero-order chi connectivity index (χ0) is 12.6. The third kappa shape index (κ3) is 2.58. The standard InChI is InChI=1S/C11H9BrO5/c1-11(2)16-9(13)7(10(14)17-11)5-6-3-4-8(12)15-6/h3-5H,1-2H3. The van der Waals surface area contributed by atoms with E-state index in [0.717, 1.165) is 0 Å². The molecule has 1 aliphatic rings. The van der Waals surface area contributed by atoms with Gasteiger partial charge in [0.25, 0.3) is 5.79 Å². The molecule has 0 amide bonds. The molecule has 1 saturated heterocycles. The molecule has 0 N–H and O–H groups in total. The van der Waals surface area contributed by atoms with Crippen molar-refractivity contribution >= 4 is 33.9 Å². The number of ether oxygens (including phenoxy) is 2. The second kappa shape index (κ2) is 4.03. The van der Waals surface area contributed by atoms with E-state index in [4.69, 9.17) is 13.9 Å². The van der Waals surface area contributed by atoms with Gasteiger partial charge in [-0.3, -0.25) is 0 Å². The molecule has 0 spiro atoms. The molecule has 90 valence electrons. The van der Waals surface area contributed by atoms with Crippen LogP contribution in [0.15, 0.2) is 26.8 Å². The number of hydrogen-bond donors (Lipinski definition) is 0. The highest BCUT2D eigenvalue weighted by atomic mass is 79.9. The molecule has 5 nitrogen and oxygen atoms in total. The van der Waals surface area contributed by atoms with E-state index < -0.39 is 17.7 Å². The molecular weight excluding hydrogens is 292 g/mol. The summed E-state index contributed by atoms with van der Waals surface area (Å²) in [6, 6.07) is 3.26. The van der Waals surface area contributed by atoms with Gasteiger partial charge >= 0.3 is 11.9 Å². The highest BCUT2D eigenvalue weighted by molar-refractivity contribution is 9.10. The van der Waals surface area contributed by atoms with Gasteiger partial charge in [0, 0.05) is 19.9 Å². The SMILES string of the molecule is CC1(C)OC(=O)C(=Cc2ccc(Br)o2)C(=O)O1. The van der Waals surface area contributed by atoms with Crippen molar-refractivity contribution in [3.8, 4) is 0 Å².